The van der Waals surface area contributed by atoms with E-state index in [0.29, 0.717) is 5.02 Å². The van der Waals surface area contributed by atoms with Crippen LogP contribution in [0.4, 0.5) is 0 Å². The van der Waals surface area contributed by atoms with E-state index in [-0.39, 0.29) is 0 Å². The lowest BCUT2D eigenvalue weighted by Crippen LogP contribution is -1.90. The molecule has 0 atom stereocenters. The van der Waals surface area contributed by atoms with Crippen LogP contribution in [0, 0.1) is 6.07 Å². The van der Waals surface area contributed by atoms with Crippen molar-refractivity contribution in [1.82, 2.24) is 0 Å². The smallest absolute Gasteiger partial charge is 0.0487 e. The molecule has 0 aliphatic heterocycles. The van der Waals surface area contributed by atoms with Crippen molar-refractivity contribution in [2.24, 2.45) is 0 Å². The first-order valence-corrected chi connectivity index (χ1v) is 5.42. The van der Waals surface area contributed by atoms with Crippen molar-refractivity contribution in [2.45, 2.75) is 12.8 Å². The van der Waals surface area contributed by atoms with Crippen LogP contribution in [0.2, 0.25) is 5.02 Å². The second-order valence-corrected chi connectivity index (χ2v) is 3.94. The largest absolute Gasteiger partial charge is 0.0837 e. The van der Waals surface area contributed by atoms with Gasteiger partial charge in [-0.05, 0) is 30.0 Å². The Morgan fingerprint density at radius 2 is 1.67 bits per heavy atom. The van der Waals surface area contributed by atoms with E-state index in [4.69, 9.17) is 11.6 Å². The van der Waals surface area contributed by atoms with Crippen LogP contribution in [-0.4, -0.2) is 0 Å². The molecule has 0 nitrogen and oxygen atoms in total. The highest BCUT2D eigenvalue weighted by Crippen LogP contribution is 2.12. The van der Waals surface area contributed by atoms with Crippen LogP contribution in [0.1, 0.15) is 11.1 Å². The van der Waals surface area contributed by atoms with Gasteiger partial charge in [0.15, 0.2) is 0 Å². The molecule has 0 aromatic heterocycles. The molecule has 2 rings (SSSR count). The molecule has 0 spiro atoms. The van der Waals surface area contributed by atoms with Crippen LogP contribution in [-0.2, 0) is 12.8 Å². The number of hydrogen-bond donors (Lipinski definition) is 0. The van der Waals surface area contributed by atoms with Gasteiger partial charge in [-0.1, -0.05) is 54.1 Å². The summed E-state index contributed by atoms with van der Waals surface area (Å²) in [6.45, 7) is 0. The second-order valence-electron chi connectivity index (χ2n) is 3.53. The normalized spacial score (nSPS) is 10.2. The molecular formula is C14H12Cl. The summed E-state index contributed by atoms with van der Waals surface area (Å²) in [7, 11) is 0. The van der Waals surface area contributed by atoms with E-state index < -0.39 is 0 Å². The molecule has 0 amide bonds. The van der Waals surface area contributed by atoms with E-state index in [1.165, 1.54) is 11.1 Å². The maximum absolute atomic E-state index is 5.87. The molecular weight excluding hydrogens is 204 g/mol. The first-order chi connectivity index (χ1) is 7.34. The average molecular weight is 216 g/mol. The number of benzene rings is 2. The first-order valence-electron chi connectivity index (χ1n) is 5.04. The summed E-state index contributed by atoms with van der Waals surface area (Å²) in [6.07, 6.45) is 2.08. The summed E-state index contributed by atoms with van der Waals surface area (Å²) >= 11 is 5.87. The number of rotatable bonds is 3. The quantitative estimate of drug-likeness (QED) is 0.728. The molecule has 0 heterocycles. The monoisotopic (exact) mass is 215 g/mol. The maximum Gasteiger partial charge on any atom is 0.0487 e. The summed E-state index contributed by atoms with van der Waals surface area (Å²) in [5.41, 5.74) is 2.63. The molecule has 75 valence electrons. The van der Waals surface area contributed by atoms with Gasteiger partial charge in [0.1, 0.15) is 0 Å². The fourth-order valence-electron chi connectivity index (χ4n) is 1.57. The van der Waals surface area contributed by atoms with E-state index in [1.807, 2.05) is 18.2 Å². The zero-order valence-corrected chi connectivity index (χ0v) is 9.17. The maximum atomic E-state index is 5.87. The van der Waals surface area contributed by atoms with Gasteiger partial charge in [-0.2, -0.15) is 0 Å². The summed E-state index contributed by atoms with van der Waals surface area (Å²) in [4.78, 5) is 0. The zero-order valence-electron chi connectivity index (χ0n) is 8.41. The van der Waals surface area contributed by atoms with E-state index in [2.05, 4.69) is 36.4 Å². The van der Waals surface area contributed by atoms with E-state index >= 15 is 0 Å². The molecule has 0 N–H and O–H groups in total. The van der Waals surface area contributed by atoms with Crippen molar-refractivity contribution in [3.63, 3.8) is 0 Å². The van der Waals surface area contributed by atoms with E-state index in [9.17, 15) is 0 Å². The van der Waals surface area contributed by atoms with Crippen molar-refractivity contribution in [1.29, 1.82) is 0 Å². The molecule has 1 radical (unpaired) electrons. The molecule has 0 bridgehead atoms. The van der Waals surface area contributed by atoms with E-state index in [1.54, 1.807) is 0 Å². The molecule has 0 unspecified atom stereocenters. The third kappa shape index (κ3) is 3.10. The molecule has 0 saturated carbocycles. The predicted molar refractivity (Wildman–Crippen MR) is 64.1 cm³/mol. The molecule has 15 heavy (non-hydrogen) atoms. The lowest BCUT2D eigenvalue weighted by atomic mass is 10.0. The van der Waals surface area contributed by atoms with Crippen molar-refractivity contribution in [3.05, 3.63) is 70.7 Å². The molecule has 2 aromatic rings. The van der Waals surface area contributed by atoms with Crippen LogP contribution in [0.5, 0.6) is 0 Å². The van der Waals surface area contributed by atoms with Crippen molar-refractivity contribution in [2.75, 3.05) is 0 Å². The Bertz CT molecular complexity index is 420. The Morgan fingerprint density at radius 3 is 2.40 bits per heavy atom. The molecule has 0 aliphatic rings. The van der Waals surface area contributed by atoms with Gasteiger partial charge in [0, 0.05) is 11.1 Å². The van der Waals surface area contributed by atoms with Gasteiger partial charge in [0.2, 0.25) is 0 Å². The van der Waals surface area contributed by atoms with Crippen LogP contribution in [0.15, 0.2) is 48.5 Å². The van der Waals surface area contributed by atoms with Crippen LogP contribution >= 0.6 is 11.6 Å². The summed E-state index contributed by atoms with van der Waals surface area (Å²) < 4.78 is 0. The first kappa shape index (κ1) is 10.3. The van der Waals surface area contributed by atoms with Crippen LogP contribution in [0.3, 0.4) is 0 Å². The number of aryl methyl sites for hydroxylation is 2. The van der Waals surface area contributed by atoms with Crippen LogP contribution in [0.25, 0.3) is 0 Å². The number of halogens is 1. The molecule has 0 fully saturated rings. The second kappa shape index (κ2) is 4.99. The minimum atomic E-state index is 0.695. The van der Waals surface area contributed by atoms with Gasteiger partial charge in [-0.15, -0.1) is 0 Å². The Balaban J connectivity index is 1.99. The minimum absolute atomic E-state index is 0.695. The fourth-order valence-corrected chi connectivity index (χ4v) is 1.77. The Kier molecular flexibility index (Phi) is 3.41. The Hall–Kier alpha value is -1.27. The highest BCUT2D eigenvalue weighted by Gasteiger charge is 1.96. The van der Waals surface area contributed by atoms with Gasteiger partial charge >= 0.3 is 0 Å². The van der Waals surface area contributed by atoms with Crippen molar-refractivity contribution < 1.29 is 0 Å². The van der Waals surface area contributed by atoms with Crippen molar-refractivity contribution in [3.8, 4) is 0 Å². The van der Waals surface area contributed by atoms with Gasteiger partial charge < -0.3 is 0 Å². The fraction of sp³-hybridized carbons (Fsp3) is 0.143. The highest BCUT2D eigenvalue weighted by molar-refractivity contribution is 6.30. The van der Waals surface area contributed by atoms with Crippen molar-refractivity contribution >= 4 is 11.6 Å². The lowest BCUT2D eigenvalue weighted by molar-refractivity contribution is 0.960. The molecule has 0 saturated heterocycles. The SMILES string of the molecule is Clc1[c]ccc(CCc2ccccc2)c1. The minimum Gasteiger partial charge on any atom is -0.0837 e. The lowest BCUT2D eigenvalue weighted by Gasteiger charge is -2.02. The Labute approximate surface area is 95.5 Å². The Morgan fingerprint density at radius 1 is 0.933 bits per heavy atom. The number of hydrogen-bond acceptors (Lipinski definition) is 0. The van der Waals surface area contributed by atoms with E-state index in [0.717, 1.165) is 12.8 Å². The zero-order chi connectivity index (χ0) is 10.5. The van der Waals surface area contributed by atoms with Crippen LogP contribution < -0.4 is 0 Å². The topological polar surface area (TPSA) is 0 Å². The van der Waals surface area contributed by atoms with Gasteiger partial charge in [-0.3, -0.25) is 0 Å². The molecule has 1 heteroatoms. The molecule has 2 aromatic carbocycles. The third-order valence-corrected chi connectivity index (χ3v) is 2.59. The average Bonchev–Trinajstić information content (AvgIpc) is 2.28. The van der Waals surface area contributed by atoms with Gasteiger partial charge in [0.05, 0.1) is 0 Å². The molecule has 0 aliphatic carbocycles. The summed E-state index contributed by atoms with van der Waals surface area (Å²) in [6, 6.07) is 19.3. The predicted octanol–water partition coefficient (Wildman–Crippen LogP) is 3.93. The highest BCUT2D eigenvalue weighted by atomic mass is 35.5. The van der Waals surface area contributed by atoms with Gasteiger partial charge in [0.25, 0.3) is 0 Å². The third-order valence-electron chi connectivity index (χ3n) is 2.38. The summed E-state index contributed by atoms with van der Waals surface area (Å²) in [5, 5.41) is 0.695. The standard InChI is InChI=1S/C14H12Cl/c15-14-8-4-7-13(11-14)10-9-12-5-2-1-3-6-12/h1-7,11H,9-10H2. The van der Waals surface area contributed by atoms with Gasteiger partial charge in [-0.25, -0.2) is 0 Å². The summed E-state index contributed by atoms with van der Waals surface area (Å²) in [5.74, 6) is 0.